The molecule has 0 nitrogen and oxygen atoms in total. The van der Waals surface area contributed by atoms with Crippen LogP contribution in [0.15, 0.2) is 0 Å². The molecule has 0 unspecified atom stereocenters. The van der Waals surface area contributed by atoms with Crippen LogP contribution in [0.3, 0.4) is 0 Å². The van der Waals surface area contributed by atoms with E-state index in [-0.39, 0.29) is 15.8 Å². The molecule has 0 amide bonds. The Labute approximate surface area is 274 Å². The second-order valence-electron chi connectivity index (χ2n) is 18.7. The van der Waals surface area contributed by atoms with Crippen LogP contribution >= 0.6 is 15.8 Å². The molecule has 2 heteroatoms. The van der Waals surface area contributed by atoms with Gasteiger partial charge in [-0.15, -0.1) is 0 Å². The summed E-state index contributed by atoms with van der Waals surface area (Å²) >= 11 is 0. The van der Waals surface area contributed by atoms with Gasteiger partial charge in [-0.2, -0.15) is 0 Å². The van der Waals surface area contributed by atoms with Crippen LogP contribution in [0, 0.1) is 71.0 Å². The molecule has 12 atom stereocenters. The molecule has 43 heavy (non-hydrogen) atoms. The van der Waals surface area contributed by atoms with Crippen LogP contribution in [-0.4, -0.2) is 28.5 Å². The highest BCUT2D eigenvalue weighted by molar-refractivity contribution is 7.76. The van der Waals surface area contributed by atoms with Gasteiger partial charge in [0, 0.05) is 0 Å². The highest BCUT2D eigenvalue weighted by Gasteiger charge is 2.49. The Balaban J connectivity index is 1.83. The molecule has 0 aromatic carbocycles. The monoisotopic (exact) mass is 633 g/mol. The maximum absolute atomic E-state index is 2.64. The van der Waals surface area contributed by atoms with E-state index in [9.17, 15) is 0 Å². The van der Waals surface area contributed by atoms with Crippen molar-refractivity contribution in [2.75, 3.05) is 5.90 Å². The molecule has 0 spiro atoms. The van der Waals surface area contributed by atoms with Gasteiger partial charge in [0.25, 0.3) is 0 Å². The largest absolute Gasteiger partial charge is 0.0953 e. The van der Waals surface area contributed by atoms with Gasteiger partial charge >= 0.3 is 0 Å². The maximum atomic E-state index is 2.64. The Morgan fingerprint density at radius 2 is 0.581 bits per heavy atom. The van der Waals surface area contributed by atoms with Gasteiger partial charge in [0.2, 0.25) is 0 Å². The average molecular weight is 633 g/mol. The van der Waals surface area contributed by atoms with Gasteiger partial charge < -0.3 is 0 Å². The smallest absolute Gasteiger partial charge is 0.0110 e. The van der Waals surface area contributed by atoms with E-state index in [1.165, 1.54) is 51.4 Å². The third-order valence-electron chi connectivity index (χ3n) is 14.0. The molecule has 252 valence electrons. The van der Waals surface area contributed by atoms with Gasteiger partial charge in [0.1, 0.15) is 0 Å². The molecule has 4 fully saturated rings. The van der Waals surface area contributed by atoms with E-state index in [0.29, 0.717) is 0 Å². The molecule has 4 aliphatic carbocycles. The van der Waals surface area contributed by atoms with E-state index < -0.39 is 0 Å². The van der Waals surface area contributed by atoms with Crippen LogP contribution in [-0.2, 0) is 0 Å². The fraction of sp³-hybridized carbons (Fsp3) is 1.00. The molecule has 0 N–H and O–H groups in total. The average Bonchev–Trinajstić information content (AvgIpc) is 2.92. The first-order valence-electron chi connectivity index (χ1n) is 19.8. The molecule has 0 aromatic heterocycles. The summed E-state index contributed by atoms with van der Waals surface area (Å²) in [4.78, 5) is 0. The first kappa shape index (κ1) is 36.7. The predicted octanol–water partition coefficient (Wildman–Crippen LogP) is 13.8. The Kier molecular flexibility index (Phi) is 13.9. The van der Waals surface area contributed by atoms with Gasteiger partial charge in [-0.25, -0.2) is 0 Å². The van der Waals surface area contributed by atoms with Crippen LogP contribution < -0.4 is 0 Å². The maximum Gasteiger partial charge on any atom is -0.0110 e. The summed E-state index contributed by atoms with van der Waals surface area (Å²) in [6.45, 7) is 31.5. The minimum absolute atomic E-state index is 0.0409. The minimum atomic E-state index is 0.0409. The zero-order valence-corrected chi connectivity index (χ0v) is 33.1. The van der Waals surface area contributed by atoms with E-state index in [0.717, 1.165) is 93.7 Å². The quantitative estimate of drug-likeness (QED) is 0.210. The van der Waals surface area contributed by atoms with E-state index in [1.807, 2.05) is 0 Å². The van der Waals surface area contributed by atoms with Crippen molar-refractivity contribution < 1.29 is 0 Å². The molecule has 4 rings (SSSR count). The van der Waals surface area contributed by atoms with Crippen LogP contribution in [0.2, 0.25) is 0 Å². The second kappa shape index (κ2) is 16.3. The third-order valence-corrected chi connectivity index (χ3v) is 22.4. The summed E-state index contributed by atoms with van der Waals surface area (Å²) in [5, 5.41) is 0. The molecule has 4 aliphatic rings. The lowest BCUT2D eigenvalue weighted by Gasteiger charge is -2.54. The standard InChI is InChI=1S/C41H78P2/c1-26(2)34-17-13-30(9)21-38(34)42(39-22-31(10)14-18-35(39)27(3)4)25-43(40-23-32(11)15-19-36(40)28(5)6)41-24-33(12)16-20-37(41)29(7)8/h26-41H,13-25H2,1-12H3/t30-,31-,32-,33-,34+,35+,36+,37+,38-,39-,40-,41-/m1/s1. The van der Waals surface area contributed by atoms with E-state index in [1.54, 1.807) is 31.6 Å². The zero-order chi connectivity index (χ0) is 31.6. The van der Waals surface area contributed by atoms with Crippen molar-refractivity contribution in [3.05, 3.63) is 0 Å². The van der Waals surface area contributed by atoms with Gasteiger partial charge in [0.05, 0.1) is 0 Å². The summed E-state index contributed by atoms with van der Waals surface area (Å²) in [5.74, 6) is 12.9. The van der Waals surface area contributed by atoms with Crippen molar-refractivity contribution in [1.82, 2.24) is 0 Å². The van der Waals surface area contributed by atoms with Crippen molar-refractivity contribution in [2.45, 2.75) is 183 Å². The number of hydrogen-bond donors (Lipinski definition) is 0. The van der Waals surface area contributed by atoms with Crippen LogP contribution in [0.4, 0.5) is 0 Å². The number of rotatable bonds is 10. The molecule has 0 radical (unpaired) electrons. The van der Waals surface area contributed by atoms with E-state index in [4.69, 9.17) is 0 Å². The van der Waals surface area contributed by atoms with Gasteiger partial charge in [-0.1, -0.05) is 125 Å². The molecule has 0 aromatic rings. The Morgan fingerprint density at radius 3 is 0.767 bits per heavy atom. The van der Waals surface area contributed by atoms with E-state index >= 15 is 0 Å². The van der Waals surface area contributed by atoms with Gasteiger partial charge in [-0.05, 0) is 151 Å². The Bertz CT molecular complexity index is 687. The first-order valence-corrected chi connectivity index (χ1v) is 23.1. The summed E-state index contributed by atoms with van der Waals surface area (Å²) in [5.41, 5.74) is 4.16. The third kappa shape index (κ3) is 9.06. The highest BCUT2D eigenvalue weighted by atomic mass is 31.2. The van der Waals surface area contributed by atoms with Crippen molar-refractivity contribution in [3.63, 3.8) is 0 Å². The summed E-state index contributed by atoms with van der Waals surface area (Å²) in [6.07, 6.45) is 18.4. The molecule has 0 bridgehead atoms. The van der Waals surface area contributed by atoms with Crippen LogP contribution in [0.25, 0.3) is 0 Å². The summed E-state index contributed by atoms with van der Waals surface area (Å²) in [6, 6.07) is 0. The van der Waals surface area contributed by atoms with Crippen molar-refractivity contribution in [2.24, 2.45) is 71.0 Å². The van der Waals surface area contributed by atoms with Crippen LogP contribution in [0.5, 0.6) is 0 Å². The fourth-order valence-corrected chi connectivity index (χ4v) is 23.5. The lowest BCUT2D eigenvalue weighted by molar-refractivity contribution is 0.220. The first-order chi connectivity index (χ1) is 20.3. The molecule has 0 aliphatic heterocycles. The molecular weight excluding hydrogens is 554 g/mol. The summed E-state index contributed by atoms with van der Waals surface area (Å²) in [7, 11) is 0.0818. The normalized spacial score (nSPS) is 41.7. The lowest BCUT2D eigenvalue weighted by Crippen LogP contribution is -2.42. The minimum Gasteiger partial charge on any atom is -0.0953 e. The highest BCUT2D eigenvalue weighted by Crippen LogP contribution is 2.72. The topological polar surface area (TPSA) is 0 Å². The summed E-state index contributed by atoms with van der Waals surface area (Å²) < 4.78 is 0. The van der Waals surface area contributed by atoms with E-state index in [2.05, 4.69) is 83.1 Å². The van der Waals surface area contributed by atoms with Crippen molar-refractivity contribution in [1.29, 1.82) is 0 Å². The van der Waals surface area contributed by atoms with Crippen LogP contribution in [0.1, 0.15) is 160 Å². The lowest BCUT2D eigenvalue weighted by atomic mass is 9.76. The molecule has 0 heterocycles. The Hall–Kier alpha value is 0.860. The fourth-order valence-electron chi connectivity index (χ4n) is 11.2. The predicted molar refractivity (Wildman–Crippen MR) is 199 cm³/mol. The second-order valence-corrected chi connectivity index (χ2v) is 24.6. The SMILES string of the molecule is CC(C)[C@@H]1CC[C@@H](C)C[C@H]1P(CP([C@@H]1C[C@H](C)CC[C@H]1C(C)C)[C@@H]1C[C@H](C)CC[C@H]1C(C)C)[C@@H]1C[C@H](C)CC[C@H]1C(C)C. The molecular formula is C41H78P2. The Morgan fingerprint density at radius 1 is 0.372 bits per heavy atom. The molecule has 4 saturated carbocycles. The van der Waals surface area contributed by atoms with Crippen molar-refractivity contribution >= 4 is 15.8 Å². The van der Waals surface area contributed by atoms with Gasteiger partial charge in [0.15, 0.2) is 0 Å². The van der Waals surface area contributed by atoms with Crippen molar-refractivity contribution in [3.8, 4) is 0 Å². The molecule has 0 saturated heterocycles. The zero-order valence-electron chi connectivity index (χ0n) is 31.3. The van der Waals surface area contributed by atoms with Gasteiger partial charge in [-0.3, -0.25) is 0 Å². The number of hydrogen-bond acceptors (Lipinski definition) is 0.